The minimum atomic E-state index is -0.371. The van der Waals surface area contributed by atoms with E-state index in [9.17, 15) is 9.59 Å². The second-order valence-corrected chi connectivity index (χ2v) is 4.52. The fourth-order valence-corrected chi connectivity index (χ4v) is 1.79. The maximum Gasteiger partial charge on any atom is 0.287 e. The molecule has 0 saturated heterocycles. The van der Waals surface area contributed by atoms with Crippen molar-refractivity contribution in [2.75, 3.05) is 20.6 Å². The van der Waals surface area contributed by atoms with Crippen molar-refractivity contribution in [3.63, 3.8) is 0 Å². The van der Waals surface area contributed by atoms with Gasteiger partial charge in [-0.15, -0.1) is 0 Å². The number of rotatable bonds is 3. The van der Waals surface area contributed by atoms with Crippen LogP contribution in [0.15, 0.2) is 28.7 Å². The third kappa shape index (κ3) is 2.59. The van der Waals surface area contributed by atoms with E-state index in [-0.39, 0.29) is 24.1 Å². The zero-order valence-electron chi connectivity index (χ0n) is 11.2. The number of likely N-dealkylation sites (N-methyl/N-ethyl adjacent to an activating group) is 1. The van der Waals surface area contributed by atoms with Gasteiger partial charge in [-0.05, 0) is 13.0 Å². The molecular weight excluding hydrogens is 244 g/mol. The Morgan fingerprint density at radius 1 is 1.26 bits per heavy atom. The zero-order chi connectivity index (χ0) is 14.0. The van der Waals surface area contributed by atoms with Crippen LogP contribution in [0.2, 0.25) is 0 Å². The average molecular weight is 260 g/mol. The second-order valence-electron chi connectivity index (χ2n) is 4.52. The van der Waals surface area contributed by atoms with E-state index in [4.69, 9.17) is 4.42 Å². The van der Waals surface area contributed by atoms with Crippen molar-refractivity contribution in [1.82, 2.24) is 10.2 Å². The summed E-state index contributed by atoms with van der Waals surface area (Å²) in [6.07, 6.45) is 0. The Balaban J connectivity index is 2.18. The Morgan fingerprint density at radius 3 is 2.58 bits per heavy atom. The van der Waals surface area contributed by atoms with Crippen molar-refractivity contribution in [1.29, 1.82) is 0 Å². The summed E-state index contributed by atoms with van der Waals surface area (Å²) in [6, 6.07) is 7.45. The lowest BCUT2D eigenvalue weighted by Crippen LogP contribution is -2.36. The quantitative estimate of drug-likeness (QED) is 0.911. The maximum absolute atomic E-state index is 12.0. The van der Waals surface area contributed by atoms with E-state index >= 15 is 0 Å². The Hall–Kier alpha value is -2.30. The van der Waals surface area contributed by atoms with Crippen LogP contribution in [-0.4, -0.2) is 37.4 Å². The highest BCUT2D eigenvalue weighted by Crippen LogP contribution is 2.24. The molecule has 1 aromatic carbocycles. The molecule has 19 heavy (non-hydrogen) atoms. The number of fused-ring (bicyclic) bond motifs is 1. The molecule has 0 atom stereocenters. The minimum absolute atomic E-state index is 0.0394. The van der Waals surface area contributed by atoms with E-state index in [0.717, 1.165) is 10.9 Å². The number of aryl methyl sites for hydroxylation is 1. The molecule has 100 valence electrons. The SMILES string of the molecule is Cc1c(C(=O)NCC(=O)N(C)C)oc2ccccc12. The average Bonchev–Trinajstić information content (AvgIpc) is 2.73. The van der Waals surface area contributed by atoms with Crippen LogP contribution in [0.25, 0.3) is 11.0 Å². The van der Waals surface area contributed by atoms with Crippen LogP contribution in [0.4, 0.5) is 0 Å². The minimum Gasteiger partial charge on any atom is -0.451 e. The highest BCUT2D eigenvalue weighted by molar-refractivity contribution is 6.00. The smallest absolute Gasteiger partial charge is 0.287 e. The van der Waals surface area contributed by atoms with E-state index in [1.165, 1.54) is 4.90 Å². The lowest BCUT2D eigenvalue weighted by Gasteiger charge is -2.10. The van der Waals surface area contributed by atoms with Crippen LogP contribution in [-0.2, 0) is 4.79 Å². The number of nitrogens with one attached hydrogen (secondary N) is 1. The molecule has 0 unspecified atom stereocenters. The van der Waals surface area contributed by atoms with Crippen molar-refractivity contribution in [2.45, 2.75) is 6.92 Å². The summed E-state index contributed by atoms with van der Waals surface area (Å²) in [5.74, 6) is -0.279. The number of para-hydroxylation sites is 1. The Bertz CT molecular complexity index is 629. The molecule has 0 radical (unpaired) electrons. The van der Waals surface area contributed by atoms with Crippen molar-refractivity contribution in [3.05, 3.63) is 35.6 Å². The zero-order valence-corrected chi connectivity index (χ0v) is 11.2. The van der Waals surface area contributed by atoms with Crippen LogP contribution < -0.4 is 5.32 Å². The maximum atomic E-state index is 12.0. The van der Waals surface area contributed by atoms with Crippen LogP contribution >= 0.6 is 0 Å². The number of carbonyl (C=O) groups is 2. The summed E-state index contributed by atoms with van der Waals surface area (Å²) in [5.41, 5.74) is 1.45. The van der Waals surface area contributed by atoms with Gasteiger partial charge in [-0.25, -0.2) is 0 Å². The fourth-order valence-electron chi connectivity index (χ4n) is 1.79. The van der Waals surface area contributed by atoms with Gasteiger partial charge >= 0.3 is 0 Å². The fraction of sp³-hybridized carbons (Fsp3) is 0.286. The van der Waals surface area contributed by atoms with Gasteiger partial charge in [0, 0.05) is 25.0 Å². The Morgan fingerprint density at radius 2 is 1.95 bits per heavy atom. The van der Waals surface area contributed by atoms with Crippen LogP contribution in [0.5, 0.6) is 0 Å². The summed E-state index contributed by atoms with van der Waals surface area (Å²) < 4.78 is 5.52. The molecule has 2 amide bonds. The Labute approximate surface area is 111 Å². The third-order valence-corrected chi connectivity index (χ3v) is 2.95. The third-order valence-electron chi connectivity index (χ3n) is 2.95. The number of hydrogen-bond donors (Lipinski definition) is 1. The summed E-state index contributed by atoms with van der Waals surface area (Å²) in [6.45, 7) is 1.79. The molecule has 2 aromatic rings. The van der Waals surface area contributed by atoms with Crippen LogP contribution in [0.1, 0.15) is 16.1 Å². The molecule has 0 aliphatic heterocycles. The molecule has 1 heterocycles. The van der Waals surface area contributed by atoms with Gasteiger partial charge in [-0.1, -0.05) is 18.2 Å². The number of furan rings is 1. The first-order chi connectivity index (χ1) is 9.00. The lowest BCUT2D eigenvalue weighted by atomic mass is 10.1. The van der Waals surface area contributed by atoms with Crippen molar-refractivity contribution >= 4 is 22.8 Å². The standard InChI is InChI=1S/C14H16N2O3/c1-9-10-6-4-5-7-11(10)19-13(9)14(18)15-8-12(17)16(2)3/h4-7H,8H2,1-3H3,(H,15,18). The number of amides is 2. The summed E-state index contributed by atoms with van der Waals surface area (Å²) >= 11 is 0. The molecule has 5 nitrogen and oxygen atoms in total. The van der Waals surface area contributed by atoms with Crippen molar-refractivity contribution < 1.29 is 14.0 Å². The van der Waals surface area contributed by atoms with Gasteiger partial charge in [0.05, 0.1) is 6.54 Å². The molecule has 0 fully saturated rings. The predicted octanol–water partition coefficient (Wildman–Crippen LogP) is 1.56. The molecule has 1 aromatic heterocycles. The van der Waals surface area contributed by atoms with Gasteiger partial charge in [0.25, 0.3) is 5.91 Å². The van der Waals surface area contributed by atoms with E-state index in [1.54, 1.807) is 14.1 Å². The van der Waals surface area contributed by atoms with Gasteiger partial charge in [0.2, 0.25) is 5.91 Å². The van der Waals surface area contributed by atoms with Gasteiger partial charge < -0.3 is 14.6 Å². The van der Waals surface area contributed by atoms with Crippen molar-refractivity contribution in [3.8, 4) is 0 Å². The molecule has 2 rings (SSSR count). The van der Waals surface area contributed by atoms with Crippen molar-refractivity contribution in [2.24, 2.45) is 0 Å². The molecule has 0 spiro atoms. The molecule has 1 N–H and O–H groups in total. The normalized spacial score (nSPS) is 10.5. The van der Waals surface area contributed by atoms with Gasteiger partial charge in [-0.3, -0.25) is 9.59 Å². The Kier molecular flexibility index (Phi) is 3.55. The van der Waals surface area contributed by atoms with Gasteiger partial charge in [-0.2, -0.15) is 0 Å². The highest BCUT2D eigenvalue weighted by Gasteiger charge is 2.18. The molecule has 5 heteroatoms. The monoisotopic (exact) mass is 260 g/mol. The highest BCUT2D eigenvalue weighted by atomic mass is 16.3. The van der Waals surface area contributed by atoms with Crippen LogP contribution in [0.3, 0.4) is 0 Å². The van der Waals surface area contributed by atoms with E-state index in [1.807, 2.05) is 31.2 Å². The molecule has 0 aliphatic carbocycles. The van der Waals surface area contributed by atoms with E-state index in [0.29, 0.717) is 5.58 Å². The first kappa shape index (κ1) is 13.1. The summed E-state index contributed by atoms with van der Waals surface area (Å²) in [5, 5.41) is 3.47. The van der Waals surface area contributed by atoms with Gasteiger partial charge in [0.15, 0.2) is 5.76 Å². The lowest BCUT2D eigenvalue weighted by molar-refractivity contribution is -0.127. The molecule has 0 saturated carbocycles. The van der Waals surface area contributed by atoms with Gasteiger partial charge in [0.1, 0.15) is 5.58 Å². The number of hydrogen-bond acceptors (Lipinski definition) is 3. The number of carbonyl (C=O) groups excluding carboxylic acids is 2. The number of benzene rings is 1. The molecular formula is C14H16N2O3. The largest absolute Gasteiger partial charge is 0.451 e. The summed E-state index contributed by atoms with van der Waals surface area (Å²) in [7, 11) is 3.28. The van der Waals surface area contributed by atoms with E-state index < -0.39 is 0 Å². The molecule has 0 bridgehead atoms. The predicted molar refractivity (Wildman–Crippen MR) is 72.0 cm³/mol. The molecule has 0 aliphatic rings. The number of nitrogens with zero attached hydrogens (tertiary/aromatic N) is 1. The van der Waals surface area contributed by atoms with Crippen LogP contribution in [0, 0.1) is 6.92 Å². The topological polar surface area (TPSA) is 62.6 Å². The van der Waals surface area contributed by atoms with E-state index in [2.05, 4.69) is 5.32 Å². The first-order valence-electron chi connectivity index (χ1n) is 5.97. The second kappa shape index (κ2) is 5.14. The first-order valence-corrected chi connectivity index (χ1v) is 5.97. The summed E-state index contributed by atoms with van der Waals surface area (Å²) in [4.78, 5) is 24.8.